The van der Waals surface area contributed by atoms with E-state index in [0.29, 0.717) is 5.82 Å². The zero-order valence-electron chi connectivity index (χ0n) is 10.7. The molecule has 1 heterocycles. The second-order valence-electron chi connectivity index (χ2n) is 4.55. The van der Waals surface area contributed by atoms with Crippen molar-refractivity contribution in [1.82, 2.24) is 9.97 Å². The molecule has 2 aromatic rings. The number of carboxylic acids is 1. The molecule has 0 saturated carbocycles. The van der Waals surface area contributed by atoms with Crippen molar-refractivity contribution in [2.24, 2.45) is 0 Å². The zero-order chi connectivity index (χ0) is 13.3. The number of aryl methyl sites for hydroxylation is 3. The summed E-state index contributed by atoms with van der Waals surface area (Å²) in [6.45, 7) is 5.97. The largest absolute Gasteiger partial charge is 0.481 e. The first-order valence-corrected chi connectivity index (χ1v) is 5.82. The van der Waals surface area contributed by atoms with Crippen molar-refractivity contribution in [2.45, 2.75) is 27.2 Å². The first-order valence-electron chi connectivity index (χ1n) is 5.82. The van der Waals surface area contributed by atoms with Crippen LogP contribution >= 0.6 is 0 Å². The van der Waals surface area contributed by atoms with Crippen LogP contribution < -0.4 is 0 Å². The Morgan fingerprint density at radius 3 is 2.72 bits per heavy atom. The number of aromatic amines is 1. The highest BCUT2D eigenvalue weighted by molar-refractivity contribution is 5.71. The first-order chi connectivity index (χ1) is 8.47. The van der Waals surface area contributed by atoms with Crippen LogP contribution in [0.3, 0.4) is 0 Å². The number of nitrogens with zero attached hydrogens (tertiary/aromatic N) is 1. The van der Waals surface area contributed by atoms with Crippen molar-refractivity contribution in [2.75, 3.05) is 0 Å². The van der Waals surface area contributed by atoms with E-state index in [-0.39, 0.29) is 6.42 Å². The van der Waals surface area contributed by atoms with Crippen LogP contribution in [0.4, 0.5) is 0 Å². The van der Waals surface area contributed by atoms with Crippen molar-refractivity contribution in [3.8, 4) is 11.3 Å². The molecule has 18 heavy (non-hydrogen) atoms. The Balaban J connectivity index is 2.47. The molecule has 0 bridgehead atoms. The third-order valence-corrected chi connectivity index (χ3v) is 2.90. The SMILES string of the molecule is Cc1ccc(C)c(-c2nc(CC(=O)O)[nH]c2C)c1. The van der Waals surface area contributed by atoms with E-state index in [1.165, 1.54) is 0 Å². The van der Waals surface area contributed by atoms with Crippen LogP contribution in [0, 0.1) is 20.8 Å². The number of carboxylic acid groups (broad SMARTS) is 1. The van der Waals surface area contributed by atoms with Crippen LogP contribution in [0.25, 0.3) is 11.3 Å². The molecule has 1 aromatic heterocycles. The second-order valence-corrected chi connectivity index (χ2v) is 4.55. The van der Waals surface area contributed by atoms with Crippen LogP contribution in [0.2, 0.25) is 0 Å². The molecule has 0 fully saturated rings. The number of benzene rings is 1. The number of rotatable bonds is 3. The van der Waals surface area contributed by atoms with Gasteiger partial charge in [-0.2, -0.15) is 0 Å². The van der Waals surface area contributed by atoms with Crippen LogP contribution in [-0.2, 0) is 11.2 Å². The Hall–Kier alpha value is -2.10. The van der Waals surface area contributed by atoms with Gasteiger partial charge in [-0.15, -0.1) is 0 Å². The number of imidazole rings is 1. The fourth-order valence-corrected chi connectivity index (χ4v) is 2.00. The van der Waals surface area contributed by atoms with Crippen molar-refractivity contribution < 1.29 is 9.90 Å². The summed E-state index contributed by atoms with van der Waals surface area (Å²) < 4.78 is 0. The van der Waals surface area contributed by atoms with Crippen LogP contribution in [0.15, 0.2) is 18.2 Å². The van der Waals surface area contributed by atoms with Gasteiger partial charge in [0.05, 0.1) is 5.69 Å². The number of hydrogen-bond acceptors (Lipinski definition) is 2. The molecule has 94 valence electrons. The summed E-state index contributed by atoms with van der Waals surface area (Å²) in [5.74, 6) is -0.382. The highest BCUT2D eigenvalue weighted by Gasteiger charge is 2.13. The predicted octanol–water partition coefficient (Wildman–Crippen LogP) is 2.63. The van der Waals surface area contributed by atoms with Crippen molar-refractivity contribution in [3.63, 3.8) is 0 Å². The molecule has 0 radical (unpaired) electrons. The van der Waals surface area contributed by atoms with E-state index in [1.54, 1.807) is 0 Å². The van der Waals surface area contributed by atoms with E-state index in [2.05, 4.69) is 28.2 Å². The number of aliphatic carboxylic acids is 1. The highest BCUT2D eigenvalue weighted by Crippen LogP contribution is 2.25. The number of nitrogens with one attached hydrogen (secondary N) is 1. The predicted molar refractivity (Wildman–Crippen MR) is 69.6 cm³/mol. The molecule has 0 aliphatic carbocycles. The minimum Gasteiger partial charge on any atom is -0.481 e. The monoisotopic (exact) mass is 244 g/mol. The lowest BCUT2D eigenvalue weighted by molar-refractivity contribution is -0.136. The summed E-state index contributed by atoms with van der Waals surface area (Å²) >= 11 is 0. The molecule has 0 aliphatic rings. The average molecular weight is 244 g/mol. The molecular weight excluding hydrogens is 228 g/mol. The molecule has 2 rings (SSSR count). The summed E-state index contributed by atoms with van der Waals surface area (Å²) in [5, 5.41) is 8.78. The first kappa shape index (κ1) is 12.4. The van der Waals surface area contributed by atoms with Crippen LogP contribution in [0.5, 0.6) is 0 Å². The third kappa shape index (κ3) is 2.42. The third-order valence-electron chi connectivity index (χ3n) is 2.90. The molecule has 0 unspecified atom stereocenters. The molecule has 2 N–H and O–H groups in total. The van der Waals surface area contributed by atoms with Gasteiger partial charge in [-0.05, 0) is 32.4 Å². The van der Waals surface area contributed by atoms with Gasteiger partial charge in [0.2, 0.25) is 0 Å². The Morgan fingerprint density at radius 1 is 1.33 bits per heavy atom. The van der Waals surface area contributed by atoms with E-state index in [9.17, 15) is 4.79 Å². The normalized spacial score (nSPS) is 10.6. The summed E-state index contributed by atoms with van der Waals surface area (Å²) in [5.41, 5.74) is 5.10. The average Bonchev–Trinajstić information content (AvgIpc) is 2.62. The fraction of sp³-hybridized carbons (Fsp3) is 0.286. The van der Waals surface area contributed by atoms with Crippen molar-refractivity contribution in [3.05, 3.63) is 40.8 Å². The Bertz CT molecular complexity index is 600. The molecule has 0 atom stereocenters. The molecular formula is C14H16N2O2. The summed E-state index contributed by atoms with van der Waals surface area (Å²) in [6, 6.07) is 6.18. The summed E-state index contributed by atoms with van der Waals surface area (Å²) in [6.07, 6.45) is -0.0777. The van der Waals surface area contributed by atoms with Crippen molar-refractivity contribution in [1.29, 1.82) is 0 Å². The second kappa shape index (κ2) is 4.64. The van der Waals surface area contributed by atoms with Crippen LogP contribution in [-0.4, -0.2) is 21.0 Å². The van der Waals surface area contributed by atoms with Crippen molar-refractivity contribution >= 4 is 5.97 Å². The molecule has 1 aromatic carbocycles. The molecule has 0 saturated heterocycles. The standard InChI is InChI=1S/C14H16N2O2/c1-8-4-5-9(2)11(6-8)14-10(3)15-12(16-14)7-13(17)18/h4-6H,7H2,1-3H3,(H,15,16)(H,17,18). The lowest BCUT2D eigenvalue weighted by Gasteiger charge is -2.05. The zero-order valence-corrected chi connectivity index (χ0v) is 10.7. The maximum absolute atomic E-state index is 10.7. The summed E-state index contributed by atoms with van der Waals surface area (Å²) in [4.78, 5) is 18.1. The van der Waals surface area contributed by atoms with Gasteiger partial charge in [-0.3, -0.25) is 4.79 Å². The van der Waals surface area contributed by atoms with Gasteiger partial charge in [0.25, 0.3) is 0 Å². The number of H-pyrrole nitrogens is 1. The van der Waals surface area contributed by atoms with E-state index in [1.807, 2.05) is 20.8 Å². The summed E-state index contributed by atoms with van der Waals surface area (Å²) in [7, 11) is 0. The van der Waals surface area contributed by atoms with E-state index < -0.39 is 5.97 Å². The quantitative estimate of drug-likeness (QED) is 0.872. The Morgan fingerprint density at radius 2 is 2.06 bits per heavy atom. The minimum atomic E-state index is -0.878. The molecule has 0 spiro atoms. The molecule has 4 nitrogen and oxygen atoms in total. The van der Waals surface area contributed by atoms with Gasteiger partial charge in [0, 0.05) is 11.3 Å². The van der Waals surface area contributed by atoms with Gasteiger partial charge < -0.3 is 10.1 Å². The van der Waals surface area contributed by atoms with E-state index >= 15 is 0 Å². The van der Waals surface area contributed by atoms with Gasteiger partial charge in [-0.1, -0.05) is 17.7 Å². The van der Waals surface area contributed by atoms with E-state index in [4.69, 9.17) is 5.11 Å². The molecule has 0 amide bonds. The van der Waals surface area contributed by atoms with Gasteiger partial charge in [0.1, 0.15) is 12.2 Å². The minimum absolute atomic E-state index is 0.0777. The van der Waals surface area contributed by atoms with Crippen LogP contribution in [0.1, 0.15) is 22.6 Å². The van der Waals surface area contributed by atoms with E-state index in [0.717, 1.165) is 28.1 Å². The fourth-order valence-electron chi connectivity index (χ4n) is 2.00. The Kier molecular flexibility index (Phi) is 3.19. The van der Waals surface area contributed by atoms with Gasteiger partial charge in [-0.25, -0.2) is 4.98 Å². The molecule has 0 aliphatic heterocycles. The maximum Gasteiger partial charge on any atom is 0.311 e. The Labute approximate surface area is 106 Å². The van der Waals surface area contributed by atoms with Gasteiger partial charge in [0.15, 0.2) is 0 Å². The number of carbonyl (C=O) groups is 1. The van der Waals surface area contributed by atoms with Gasteiger partial charge >= 0.3 is 5.97 Å². The smallest absolute Gasteiger partial charge is 0.311 e. The topological polar surface area (TPSA) is 66.0 Å². The lowest BCUT2D eigenvalue weighted by atomic mass is 10.0. The number of hydrogen-bond donors (Lipinski definition) is 2. The lowest BCUT2D eigenvalue weighted by Crippen LogP contribution is -2.01. The number of aromatic nitrogens is 2. The maximum atomic E-state index is 10.7. The molecule has 4 heteroatoms. The highest BCUT2D eigenvalue weighted by atomic mass is 16.4.